The third kappa shape index (κ3) is 3.19. The van der Waals surface area contributed by atoms with Crippen molar-refractivity contribution in [2.24, 2.45) is 4.99 Å². The second kappa shape index (κ2) is 7.45. The number of thioether (sulfide) groups is 1. The molecule has 2 aliphatic rings. The lowest BCUT2D eigenvalue weighted by atomic mass is 9.94. The average molecular weight is 374 g/mol. The summed E-state index contributed by atoms with van der Waals surface area (Å²) >= 11 is 1.37. The third-order valence-electron chi connectivity index (χ3n) is 4.24. The maximum atomic E-state index is 13.8. The van der Waals surface area contributed by atoms with E-state index in [1.54, 1.807) is 19.1 Å². The number of carbonyl (C=O) groups excluding carboxylic acids is 2. The van der Waals surface area contributed by atoms with Crippen molar-refractivity contribution < 1.29 is 18.7 Å². The number of carbonyl (C=O) groups is 2. The summed E-state index contributed by atoms with van der Waals surface area (Å²) in [5, 5.41) is 0.273. The summed E-state index contributed by atoms with van der Waals surface area (Å²) in [6, 6.07) is 5.15. The maximum absolute atomic E-state index is 13.8. The van der Waals surface area contributed by atoms with Gasteiger partial charge in [-0.2, -0.15) is 0 Å². The highest BCUT2D eigenvalue weighted by atomic mass is 32.2. The van der Waals surface area contributed by atoms with Gasteiger partial charge in [0.15, 0.2) is 5.17 Å². The lowest BCUT2D eigenvalue weighted by Crippen LogP contribution is -2.40. The van der Waals surface area contributed by atoms with Gasteiger partial charge in [-0.15, -0.1) is 0 Å². The zero-order valence-corrected chi connectivity index (χ0v) is 15.4. The number of esters is 1. The molecule has 2 heterocycles. The van der Waals surface area contributed by atoms with Crippen molar-refractivity contribution in [1.82, 2.24) is 4.90 Å². The van der Waals surface area contributed by atoms with E-state index in [2.05, 4.69) is 11.6 Å². The number of rotatable bonds is 5. The standard InChI is InChI=1S/C19H19FN2O3S/c1-4-9-25-18(24)15-11(3)21-19-22(17(23)14(5-2)26-19)16(15)12-7-6-8-13(20)10-12/h4,6-8,10,14,16H,1,5,9H2,2-3H3. The molecule has 1 saturated heterocycles. The third-order valence-corrected chi connectivity index (χ3v) is 5.56. The number of aliphatic imine (C=N–C) groups is 1. The quantitative estimate of drug-likeness (QED) is 0.584. The second-order valence-corrected chi connectivity index (χ2v) is 7.13. The Labute approximate surface area is 155 Å². The van der Waals surface area contributed by atoms with Crippen molar-refractivity contribution in [3.05, 3.63) is 59.6 Å². The minimum Gasteiger partial charge on any atom is -0.458 e. The topological polar surface area (TPSA) is 59.0 Å². The molecular formula is C19H19FN2O3S. The van der Waals surface area contributed by atoms with Gasteiger partial charge in [0.2, 0.25) is 5.91 Å². The highest BCUT2D eigenvalue weighted by Crippen LogP contribution is 2.44. The van der Waals surface area contributed by atoms with Crippen molar-refractivity contribution in [1.29, 1.82) is 0 Å². The fourth-order valence-electron chi connectivity index (χ4n) is 3.05. The average Bonchev–Trinajstić information content (AvgIpc) is 2.93. The normalized spacial score (nSPS) is 22.2. The highest BCUT2D eigenvalue weighted by Gasteiger charge is 2.47. The van der Waals surface area contributed by atoms with E-state index in [1.165, 1.54) is 34.9 Å². The van der Waals surface area contributed by atoms with Gasteiger partial charge >= 0.3 is 5.97 Å². The Morgan fingerprint density at radius 3 is 2.92 bits per heavy atom. The number of amides is 1. The second-order valence-electron chi connectivity index (χ2n) is 5.96. The molecule has 2 unspecified atom stereocenters. The van der Waals surface area contributed by atoms with E-state index in [0.29, 0.717) is 22.8 Å². The van der Waals surface area contributed by atoms with Crippen molar-refractivity contribution in [2.45, 2.75) is 31.6 Å². The zero-order valence-electron chi connectivity index (χ0n) is 14.6. The Bertz CT molecular complexity index is 834. The van der Waals surface area contributed by atoms with Crippen LogP contribution in [0.15, 0.2) is 53.2 Å². The predicted octanol–water partition coefficient (Wildman–Crippen LogP) is 3.59. The van der Waals surface area contributed by atoms with Crippen LogP contribution < -0.4 is 0 Å². The van der Waals surface area contributed by atoms with Gasteiger partial charge in [0, 0.05) is 0 Å². The Morgan fingerprint density at radius 2 is 2.27 bits per heavy atom. The van der Waals surface area contributed by atoms with Gasteiger partial charge < -0.3 is 4.74 Å². The summed E-state index contributed by atoms with van der Waals surface area (Å²) < 4.78 is 19.0. The monoisotopic (exact) mass is 374 g/mol. The highest BCUT2D eigenvalue weighted by molar-refractivity contribution is 8.15. The molecule has 0 aromatic heterocycles. The fourth-order valence-corrected chi connectivity index (χ4v) is 4.19. The molecule has 1 fully saturated rings. The summed E-state index contributed by atoms with van der Waals surface area (Å²) in [5.74, 6) is -1.15. The molecule has 26 heavy (non-hydrogen) atoms. The number of fused-ring (bicyclic) bond motifs is 1. The van der Waals surface area contributed by atoms with Gasteiger partial charge in [-0.05, 0) is 31.0 Å². The van der Waals surface area contributed by atoms with Crippen molar-refractivity contribution in [2.75, 3.05) is 6.61 Å². The Balaban J connectivity index is 2.12. The van der Waals surface area contributed by atoms with Gasteiger partial charge in [0.05, 0.1) is 22.6 Å². The summed E-state index contributed by atoms with van der Waals surface area (Å²) in [6.07, 6.45) is 2.11. The van der Waals surface area contributed by atoms with Gasteiger partial charge in [-0.25, -0.2) is 14.2 Å². The molecule has 2 atom stereocenters. The van der Waals surface area contributed by atoms with E-state index in [4.69, 9.17) is 4.74 Å². The molecule has 0 N–H and O–H groups in total. The van der Waals surface area contributed by atoms with E-state index in [-0.39, 0.29) is 23.3 Å². The Morgan fingerprint density at radius 1 is 1.50 bits per heavy atom. The van der Waals surface area contributed by atoms with Gasteiger partial charge in [-0.1, -0.05) is 43.5 Å². The summed E-state index contributed by atoms with van der Waals surface area (Å²) in [5.41, 5.74) is 1.22. The summed E-state index contributed by atoms with van der Waals surface area (Å²) in [7, 11) is 0. The molecule has 0 saturated carbocycles. The van der Waals surface area contributed by atoms with E-state index in [9.17, 15) is 14.0 Å². The van der Waals surface area contributed by atoms with Crippen molar-refractivity contribution in [3.8, 4) is 0 Å². The van der Waals surface area contributed by atoms with Gasteiger partial charge in [0.1, 0.15) is 12.4 Å². The van der Waals surface area contributed by atoms with Crippen LogP contribution in [0.5, 0.6) is 0 Å². The van der Waals surface area contributed by atoms with Crippen LogP contribution in [0.4, 0.5) is 4.39 Å². The van der Waals surface area contributed by atoms with Crippen LogP contribution in [-0.4, -0.2) is 33.8 Å². The van der Waals surface area contributed by atoms with Gasteiger partial charge in [-0.3, -0.25) is 9.69 Å². The van der Waals surface area contributed by atoms with E-state index in [1.807, 2.05) is 6.92 Å². The lowest BCUT2D eigenvalue weighted by molar-refractivity contribution is -0.139. The number of allylic oxidation sites excluding steroid dienone is 1. The number of ether oxygens (including phenoxy) is 1. The van der Waals surface area contributed by atoms with Crippen LogP contribution in [0.25, 0.3) is 0 Å². The zero-order chi connectivity index (χ0) is 18.8. The van der Waals surface area contributed by atoms with Crippen LogP contribution in [-0.2, 0) is 14.3 Å². The molecule has 1 amide bonds. The molecule has 5 nitrogen and oxygen atoms in total. The molecule has 0 aliphatic carbocycles. The predicted molar refractivity (Wildman–Crippen MR) is 98.9 cm³/mol. The maximum Gasteiger partial charge on any atom is 0.338 e. The summed E-state index contributed by atoms with van der Waals surface area (Å²) in [4.78, 5) is 31.5. The number of hydrogen-bond acceptors (Lipinski definition) is 5. The molecule has 136 valence electrons. The molecule has 2 aliphatic heterocycles. The van der Waals surface area contributed by atoms with Crippen molar-refractivity contribution >= 4 is 28.8 Å². The number of hydrogen-bond donors (Lipinski definition) is 0. The van der Waals surface area contributed by atoms with Crippen LogP contribution in [0.3, 0.4) is 0 Å². The van der Waals surface area contributed by atoms with E-state index < -0.39 is 17.8 Å². The van der Waals surface area contributed by atoms with Crippen LogP contribution >= 0.6 is 11.8 Å². The molecule has 0 spiro atoms. The molecular weight excluding hydrogens is 355 g/mol. The first-order chi connectivity index (χ1) is 12.5. The number of nitrogens with zero attached hydrogens (tertiary/aromatic N) is 2. The van der Waals surface area contributed by atoms with Gasteiger partial charge in [0.25, 0.3) is 0 Å². The summed E-state index contributed by atoms with van der Waals surface area (Å²) in [6.45, 7) is 7.20. The van der Waals surface area contributed by atoms with Crippen LogP contribution in [0.1, 0.15) is 31.9 Å². The fraction of sp³-hybridized carbons (Fsp3) is 0.316. The van der Waals surface area contributed by atoms with Crippen LogP contribution in [0.2, 0.25) is 0 Å². The molecule has 0 radical (unpaired) electrons. The van der Waals surface area contributed by atoms with E-state index >= 15 is 0 Å². The van der Waals surface area contributed by atoms with Crippen LogP contribution in [0, 0.1) is 5.82 Å². The SMILES string of the molecule is C=CCOC(=O)C1=C(C)N=C2SC(CC)C(=O)N2C1c1cccc(F)c1. The molecule has 1 aromatic carbocycles. The Kier molecular flexibility index (Phi) is 5.27. The minimum absolute atomic E-state index is 0.0440. The minimum atomic E-state index is -0.757. The first kappa shape index (κ1) is 18.4. The first-order valence-electron chi connectivity index (χ1n) is 8.30. The number of amidine groups is 1. The lowest BCUT2D eigenvalue weighted by Gasteiger charge is -2.33. The molecule has 0 bridgehead atoms. The smallest absolute Gasteiger partial charge is 0.338 e. The largest absolute Gasteiger partial charge is 0.458 e. The molecule has 7 heteroatoms. The molecule has 1 aromatic rings. The molecule has 3 rings (SSSR count). The van der Waals surface area contributed by atoms with Crippen molar-refractivity contribution in [3.63, 3.8) is 0 Å². The Hall–Kier alpha value is -2.41. The van der Waals surface area contributed by atoms with E-state index in [0.717, 1.165) is 0 Å². The number of halogens is 1. The first-order valence-corrected chi connectivity index (χ1v) is 9.18. The number of benzene rings is 1.